The molecule has 0 atom stereocenters. The standard InChI is InChI=1S/C17H16N4O3/c1-10(22)19-15-7-11(4-6-16(15)24-2)17(23)20-13-5-3-12-9-18-21-14(12)8-13/h3-9H,1-2H3,(H,18,21)(H,19,22)(H,20,23). The third kappa shape index (κ3) is 3.19. The number of fused-ring (bicyclic) bond motifs is 1. The van der Waals surface area contributed by atoms with Gasteiger partial charge in [-0.1, -0.05) is 0 Å². The number of aromatic nitrogens is 2. The first kappa shape index (κ1) is 15.5. The third-order valence-corrected chi connectivity index (χ3v) is 3.47. The summed E-state index contributed by atoms with van der Waals surface area (Å²) in [5.74, 6) is -0.0423. The molecule has 0 saturated carbocycles. The first-order chi connectivity index (χ1) is 11.6. The van der Waals surface area contributed by atoms with Gasteiger partial charge in [0.2, 0.25) is 5.91 Å². The molecule has 2 amide bonds. The number of ether oxygens (including phenoxy) is 1. The molecule has 122 valence electrons. The Kier molecular flexibility index (Phi) is 4.15. The molecule has 7 nitrogen and oxygen atoms in total. The van der Waals surface area contributed by atoms with Gasteiger partial charge in [-0.3, -0.25) is 14.7 Å². The fourth-order valence-electron chi connectivity index (χ4n) is 2.35. The Balaban J connectivity index is 1.84. The van der Waals surface area contributed by atoms with Gasteiger partial charge in [0.25, 0.3) is 5.91 Å². The van der Waals surface area contributed by atoms with Gasteiger partial charge in [0, 0.05) is 23.6 Å². The van der Waals surface area contributed by atoms with Gasteiger partial charge in [0.05, 0.1) is 24.5 Å². The average Bonchev–Trinajstić information content (AvgIpc) is 3.02. The molecule has 0 aliphatic rings. The Labute approximate surface area is 138 Å². The lowest BCUT2D eigenvalue weighted by molar-refractivity contribution is -0.114. The molecule has 24 heavy (non-hydrogen) atoms. The molecule has 0 spiro atoms. The molecule has 3 aromatic rings. The number of carbonyl (C=O) groups is 2. The highest BCUT2D eigenvalue weighted by molar-refractivity contribution is 6.06. The van der Waals surface area contributed by atoms with Crippen molar-refractivity contribution in [1.82, 2.24) is 10.2 Å². The predicted molar refractivity (Wildman–Crippen MR) is 91.3 cm³/mol. The fourth-order valence-corrected chi connectivity index (χ4v) is 2.35. The Bertz CT molecular complexity index is 917. The highest BCUT2D eigenvalue weighted by Crippen LogP contribution is 2.26. The number of nitrogens with one attached hydrogen (secondary N) is 3. The monoisotopic (exact) mass is 324 g/mol. The van der Waals surface area contributed by atoms with Crippen LogP contribution in [-0.4, -0.2) is 29.1 Å². The third-order valence-electron chi connectivity index (χ3n) is 3.47. The Hall–Kier alpha value is -3.35. The van der Waals surface area contributed by atoms with Crippen molar-refractivity contribution < 1.29 is 14.3 Å². The highest BCUT2D eigenvalue weighted by Gasteiger charge is 2.12. The van der Waals surface area contributed by atoms with Gasteiger partial charge in [-0.05, 0) is 36.4 Å². The number of carbonyl (C=O) groups excluding carboxylic acids is 2. The lowest BCUT2D eigenvalue weighted by Gasteiger charge is -2.11. The normalized spacial score (nSPS) is 10.4. The zero-order valence-electron chi connectivity index (χ0n) is 13.2. The van der Waals surface area contributed by atoms with Crippen molar-refractivity contribution in [3.05, 3.63) is 48.2 Å². The number of aromatic amines is 1. The number of nitrogens with zero attached hydrogens (tertiary/aromatic N) is 1. The quantitative estimate of drug-likeness (QED) is 0.687. The summed E-state index contributed by atoms with van der Waals surface area (Å²) in [5.41, 5.74) is 2.33. The van der Waals surface area contributed by atoms with Crippen LogP contribution in [0.2, 0.25) is 0 Å². The highest BCUT2D eigenvalue weighted by atomic mass is 16.5. The molecule has 1 aromatic heterocycles. The maximum Gasteiger partial charge on any atom is 0.255 e. The van der Waals surface area contributed by atoms with Crippen molar-refractivity contribution in [2.45, 2.75) is 6.92 Å². The molecule has 1 heterocycles. The van der Waals surface area contributed by atoms with Crippen molar-refractivity contribution in [2.75, 3.05) is 17.7 Å². The zero-order chi connectivity index (χ0) is 17.1. The molecular weight excluding hydrogens is 308 g/mol. The van der Waals surface area contributed by atoms with E-state index in [-0.39, 0.29) is 11.8 Å². The minimum atomic E-state index is -0.289. The first-order valence-corrected chi connectivity index (χ1v) is 7.27. The van der Waals surface area contributed by atoms with Crippen LogP contribution in [0.15, 0.2) is 42.6 Å². The topological polar surface area (TPSA) is 96.1 Å². The maximum absolute atomic E-state index is 12.4. The van der Waals surface area contributed by atoms with Crippen molar-refractivity contribution in [3.8, 4) is 5.75 Å². The second kappa shape index (κ2) is 6.41. The van der Waals surface area contributed by atoms with Crippen LogP contribution in [0.5, 0.6) is 5.75 Å². The molecule has 3 N–H and O–H groups in total. The van der Waals surface area contributed by atoms with Gasteiger partial charge in [-0.15, -0.1) is 0 Å². The van der Waals surface area contributed by atoms with Gasteiger partial charge >= 0.3 is 0 Å². The number of anilines is 2. The summed E-state index contributed by atoms with van der Waals surface area (Å²) in [6, 6.07) is 10.3. The van der Waals surface area contributed by atoms with Crippen LogP contribution < -0.4 is 15.4 Å². The molecule has 0 bridgehead atoms. The van der Waals surface area contributed by atoms with E-state index >= 15 is 0 Å². The average molecular weight is 324 g/mol. The van der Waals surface area contributed by atoms with E-state index in [0.717, 1.165) is 10.9 Å². The van der Waals surface area contributed by atoms with Gasteiger partial charge in [0.15, 0.2) is 0 Å². The summed E-state index contributed by atoms with van der Waals surface area (Å²) in [5, 5.41) is 13.2. The molecule has 7 heteroatoms. The van der Waals surface area contributed by atoms with E-state index in [4.69, 9.17) is 4.74 Å². The minimum Gasteiger partial charge on any atom is -0.495 e. The van der Waals surface area contributed by atoms with Crippen molar-refractivity contribution in [2.24, 2.45) is 0 Å². The summed E-state index contributed by atoms with van der Waals surface area (Å²) in [4.78, 5) is 23.7. The van der Waals surface area contributed by atoms with E-state index in [1.165, 1.54) is 14.0 Å². The summed E-state index contributed by atoms with van der Waals surface area (Å²) < 4.78 is 5.18. The molecule has 0 saturated heterocycles. The van der Waals surface area contributed by atoms with Gasteiger partial charge in [-0.2, -0.15) is 5.10 Å². The molecule has 0 unspecified atom stereocenters. The van der Waals surface area contributed by atoms with Crippen LogP contribution >= 0.6 is 0 Å². The summed E-state index contributed by atoms with van der Waals surface area (Å²) >= 11 is 0. The molecule has 0 aliphatic carbocycles. The van der Waals surface area contributed by atoms with E-state index in [1.807, 2.05) is 6.07 Å². The van der Waals surface area contributed by atoms with Crippen molar-refractivity contribution in [3.63, 3.8) is 0 Å². The molecule has 0 fully saturated rings. The van der Waals surface area contributed by atoms with Crippen LogP contribution in [0.25, 0.3) is 10.9 Å². The van der Waals surface area contributed by atoms with E-state index in [2.05, 4.69) is 20.8 Å². The van der Waals surface area contributed by atoms with Gasteiger partial charge in [-0.25, -0.2) is 0 Å². The zero-order valence-corrected chi connectivity index (χ0v) is 13.2. The van der Waals surface area contributed by atoms with Crippen molar-refractivity contribution >= 4 is 34.1 Å². The lowest BCUT2D eigenvalue weighted by atomic mass is 10.1. The second-order valence-electron chi connectivity index (χ2n) is 5.22. The van der Waals surface area contributed by atoms with Crippen LogP contribution in [0.1, 0.15) is 17.3 Å². The maximum atomic E-state index is 12.4. The number of benzene rings is 2. The molecule has 2 aromatic carbocycles. The van der Waals surface area contributed by atoms with Gasteiger partial charge < -0.3 is 15.4 Å². The van der Waals surface area contributed by atoms with Crippen LogP contribution in [0.3, 0.4) is 0 Å². The number of methoxy groups -OCH3 is 1. The second-order valence-corrected chi connectivity index (χ2v) is 5.22. The SMILES string of the molecule is COc1ccc(C(=O)Nc2ccc3cn[nH]c3c2)cc1NC(C)=O. The molecular formula is C17H16N4O3. The van der Waals surface area contributed by atoms with E-state index < -0.39 is 0 Å². The van der Waals surface area contributed by atoms with E-state index in [0.29, 0.717) is 22.7 Å². The van der Waals surface area contributed by atoms with Crippen LogP contribution in [-0.2, 0) is 4.79 Å². The fraction of sp³-hybridized carbons (Fsp3) is 0.118. The van der Waals surface area contributed by atoms with E-state index in [1.54, 1.807) is 36.5 Å². The molecule has 0 radical (unpaired) electrons. The number of hydrogen-bond acceptors (Lipinski definition) is 4. The van der Waals surface area contributed by atoms with Crippen LogP contribution in [0.4, 0.5) is 11.4 Å². The lowest BCUT2D eigenvalue weighted by Crippen LogP contribution is -2.13. The molecule has 0 aliphatic heterocycles. The smallest absolute Gasteiger partial charge is 0.255 e. The number of hydrogen-bond donors (Lipinski definition) is 3. The Morgan fingerprint density at radius 3 is 2.71 bits per heavy atom. The minimum absolute atomic E-state index is 0.240. The molecule has 3 rings (SSSR count). The number of H-pyrrole nitrogens is 1. The summed E-state index contributed by atoms with van der Waals surface area (Å²) in [6.45, 7) is 1.39. The number of rotatable bonds is 4. The van der Waals surface area contributed by atoms with Crippen molar-refractivity contribution in [1.29, 1.82) is 0 Å². The largest absolute Gasteiger partial charge is 0.495 e. The van der Waals surface area contributed by atoms with Crippen LogP contribution in [0, 0.1) is 0 Å². The Morgan fingerprint density at radius 2 is 1.96 bits per heavy atom. The van der Waals surface area contributed by atoms with Gasteiger partial charge in [0.1, 0.15) is 5.75 Å². The first-order valence-electron chi connectivity index (χ1n) is 7.27. The summed E-state index contributed by atoms with van der Waals surface area (Å²) in [6.07, 6.45) is 1.71. The Morgan fingerprint density at radius 1 is 1.12 bits per heavy atom. The van der Waals surface area contributed by atoms with E-state index in [9.17, 15) is 9.59 Å². The summed E-state index contributed by atoms with van der Waals surface area (Å²) in [7, 11) is 1.50. The number of amides is 2. The predicted octanol–water partition coefficient (Wildman–Crippen LogP) is 2.78.